The number of aliphatic hydroxyl groups is 1. The Balaban J connectivity index is 4.72. The molecule has 0 aromatic rings. The largest absolute Gasteiger partial charge is 0.390 e. The van der Waals surface area contributed by atoms with Gasteiger partial charge in [-0.15, -0.1) is 0 Å². The molecule has 0 bridgehead atoms. The molecule has 0 radical (unpaired) electrons. The van der Waals surface area contributed by atoms with Crippen LogP contribution >= 0.6 is 0 Å². The van der Waals surface area contributed by atoms with Gasteiger partial charge in [0.05, 0.1) is 5.60 Å². The Kier molecular flexibility index (Phi) is 3.68. The van der Waals surface area contributed by atoms with Gasteiger partial charge < -0.3 is 5.11 Å². The molecular weight excluding hydrogens is 164 g/mol. The zero-order chi connectivity index (χ0) is 10.9. The summed E-state index contributed by atoms with van der Waals surface area (Å²) in [6, 6.07) is 0. The zero-order valence-electron chi connectivity index (χ0n) is 9.64. The van der Waals surface area contributed by atoms with Gasteiger partial charge in [-0.25, -0.2) is 0 Å². The summed E-state index contributed by atoms with van der Waals surface area (Å²) in [5, 5.41) is 9.79. The fourth-order valence-electron chi connectivity index (χ4n) is 1.53. The number of carbonyl (C=O) groups is 1. The van der Waals surface area contributed by atoms with Crippen LogP contribution in [0.2, 0.25) is 0 Å². The van der Waals surface area contributed by atoms with Crippen molar-refractivity contribution in [3.8, 4) is 0 Å². The number of ketones is 1. The first-order valence-corrected chi connectivity index (χ1v) is 4.87. The van der Waals surface area contributed by atoms with E-state index in [1.165, 1.54) is 0 Å². The molecule has 0 aliphatic heterocycles. The molecule has 0 saturated carbocycles. The summed E-state index contributed by atoms with van der Waals surface area (Å²) < 4.78 is 0. The summed E-state index contributed by atoms with van der Waals surface area (Å²) in [7, 11) is 0. The lowest BCUT2D eigenvalue weighted by molar-refractivity contribution is -0.138. The quantitative estimate of drug-likeness (QED) is 0.735. The molecule has 1 atom stereocenters. The molecule has 0 aromatic heterocycles. The van der Waals surface area contributed by atoms with E-state index in [4.69, 9.17) is 0 Å². The van der Waals surface area contributed by atoms with Crippen LogP contribution in [0.4, 0.5) is 0 Å². The minimum atomic E-state index is -0.904. The highest BCUT2D eigenvalue weighted by Crippen LogP contribution is 2.29. The van der Waals surface area contributed by atoms with E-state index in [0.29, 0.717) is 6.42 Å². The highest BCUT2D eigenvalue weighted by atomic mass is 16.3. The Labute approximate surface area is 81.3 Å². The third-order valence-corrected chi connectivity index (χ3v) is 2.32. The first-order valence-electron chi connectivity index (χ1n) is 4.87. The average molecular weight is 186 g/mol. The first kappa shape index (κ1) is 12.6. The molecule has 13 heavy (non-hydrogen) atoms. The van der Waals surface area contributed by atoms with Gasteiger partial charge in [0.2, 0.25) is 0 Å². The summed E-state index contributed by atoms with van der Waals surface area (Å²) in [5.74, 6) is -0.116. The van der Waals surface area contributed by atoms with E-state index in [-0.39, 0.29) is 17.1 Å². The summed E-state index contributed by atoms with van der Waals surface area (Å²) in [6.45, 7) is 11.0. The summed E-state index contributed by atoms with van der Waals surface area (Å²) in [6.07, 6.45) is 0.694. The van der Waals surface area contributed by atoms with Gasteiger partial charge in [0.1, 0.15) is 5.78 Å². The molecule has 0 aromatic carbocycles. The number of rotatable bonds is 3. The van der Waals surface area contributed by atoms with Gasteiger partial charge in [-0.2, -0.15) is 0 Å². The minimum absolute atomic E-state index is 0.141. The second kappa shape index (κ2) is 3.79. The summed E-state index contributed by atoms with van der Waals surface area (Å²) in [5.41, 5.74) is -1.26. The number of hydrogen-bond donors (Lipinski definition) is 1. The normalized spacial score (nSPS) is 15.6. The maximum Gasteiger partial charge on any atom is 0.144 e. The van der Waals surface area contributed by atoms with Gasteiger partial charge in [0.15, 0.2) is 0 Å². The van der Waals surface area contributed by atoms with E-state index in [1.54, 1.807) is 13.8 Å². The van der Waals surface area contributed by atoms with Crippen LogP contribution in [0.3, 0.4) is 0 Å². The molecule has 0 aliphatic rings. The molecule has 0 amide bonds. The van der Waals surface area contributed by atoms with E-state index in [1.807, 2.05) is 27.7 Å². The maximum absolute atomic E-state index is 11.9. The molecule has 78 valence electrons. The molecule has 0 aliphatic carbocycles. The third kappa shape index (κ3) is 3.47. The molecular formula is C11H22O2. The van der Waals surface area contributed by atoms with Crippen molar-refractivity contribution >= 4 is 5.78 Å². The lowest BCUT2D eigenvalue weighted by atomic mass is 9.75. The number of carbonyl (C=O) groups excluding carboxylic acids is 1. The Morgan fingerprint density at radius 3 is 1.69 bits per heavy atom. The predicted octanol–water partition coefficient (Wildman–Crippen LogP) is 2.40. The van der Waals surface area contributed by atoms with Crippen molar-refractivity contribution in [1.82, 2.24) is 0 Å². The molecule has 0 rings (SSSR count). The van der Waals surface area contributed by atoms with Gasteiger partial charge in [0.25, 0.3) is 0 Å². The van der Waals surface area contributed by atoms with Crippen LogP contribution in [0.5, 0.6) is 0 Å². The van der Waals surface area contributed by atoms with Crippen LogP contribution in [0.15, 0.2) is 0 Å². The number of hydrogen-bond acceptors (Lipinski definition) is 2. The lowest BCUT2D eigenvalue weighted by Crippen LogP contribution is -2.41. The van der Waals surface area contributed by atoms with E-state index in [9.17, 15) is 9.90 Å². The van der Waals surface area contributed by atoms with Crippen LogP contribution in [0.25, 0.3) is 0 Å². The third-order valence-electron chi connectivity index (χ3n) is 2.32. The topological polar surface area (TPSA) is 37.3 Å². The van der Waals surface area contributed by atoms with Crippen LogP contribution in [-0.4, -0.2) is 16.5 Å². The molecule has 0 spiro atoms. The van der Waals surface area contributed by atoms with Crippen LogP contribution in [-0.2, 0) is 4.79 Å². The van der Waals surface area contributed by atoms with Crippen molar-refractivity contribution in [3.05, 3.63) is 0 Å². The Morgan fingerprint density at radius 2 is 1.62 bits per heavy atom. The highest BCUT2D eigenvalue weighted by molar-refractivity contribution is 5.86. The second-order valence-corrected chi connectivity index (χ2v) is 5.23. The van der Waals surface area contributed by atoms with Crippen LogP contribution in [0.1, 0.15) is 48.0 Å². The Morgan fingerprint density at radius 1 is 1.23 bits per heavy atom. The maximum atomic E-state index is 11.9. The van der Waals surface area contributed by atoms with Crippen molar-refractivity contribution < 1.29 is 9.90 Å². The Hall–Kier alpha value is -0.370. The SMILES string of the molecule is CCC(C(=O)C(C)(C)C)C(C)(C)O. The van der Waals surface area contributed by atoms with Crippen molar-refractivity contribution in [3.63, 3.8) is 0 Å². The monoisotopic (exact) mass is 186 g/mol. The summed E-state index contributed by atoms with van der Waals surface area (Å²) in [4.78, 5) is 11.9. The standard InChI is InChI=1S/C11H22O2/c1-7-8(11(5,6)13)9(12)10(2,3)4/h8,13H,7H2,1-6H3. The summed E-state index contributed by atoms with van der Waals surface area (Å²) >= 11 is 0. The predicted molar refractivity (Wildman–Crippen MR) is 54.5 cm³/mol. The van der Waals surface area contributed by atoms with Crippen molar-refractivity contribution in [2.45, 2.75) is 53.6 Å². The molecule has 2 nitrogen and oxygen atoms in total. The number of Topliss-reactive ketones (excluding diaryl/α,β-unsaturated/α-hetero) is 1. The van der Waals surface area contributed by atoms with E-state index in [2.05, 4.69) is 0 Å². The highest BCUT2D eigenvalue weighted by Gasteiger charge is 2.37. The smallest absolute Gasteiger partial charge is 0.144 e. The lowest BCUT2D eigenvalue weighted by Gasteiger charge is -2.32. The van der Waals surface area contributed by atoms with E-state index in [0.717, 1.165) is 0 Å². The zero-order valence-corrected chi connectivity index (χ0v) is 9.64. The molecule has 1 unspecified atom stereocenters. The van der Waals surface area contributed by atoms with Gasteiger partial charge in [0, 0.05) is 11.3 Å². The molecule has 0 fully saturated rings. The van der Waals surface area contributed by atoms with E-state index >= 15 is 0 Å². The van der Waals surface area contributed by atoms with Crippen molar-refractivity contribution in [1.29, 1.82) is 0 Å². The minimum Gasteiger partial charge on any atom is -0.390 e. The van der Waals surface area contributed by atoms with Gasteiger partial charge in [-0.1, -0.05) is 27.7 Å². The average Bonchev–Trinajstić information content (AvgIpc) is 1.83. The van der Waals surface area contributed by atoms with Gasteiger partial charge in [-0.3, -0.25) is 4.79 Å². The fourth-order valence-corrected chi connectivity index (χ4v) is 1.53. The molecule has 1 N–H and O–H groups in total. The van der Waals surface area contributed by atoms with Crippen molar-refractivity contribution in [2.24, 2.45) is 11.3 Å². The fraction of sp³-hybridized carbons (Fsp3) is 0.909. The van der Waals surface area contributed by atoms with E-state index < -0.39 is 5.60 Å². The van der Waals surface area contributed by atoms with Crippen molar-refractivity contribution in [2.75, 3.05) is 0 Å². The molecule has 0 saturated heterocycles. The van der Waals surface area contributed by atoms with Gasteiger partial charge >= 0.3 is 0 Å². The molecule has 0 heterocycles. The second-order valence-electron chi connectivity index (χ2n) is 5.23. The molecule has 2 heteroatoms. The Bertz CT molecular complexity index is 181. The van der Waals surface area contributed by atoms with Crippen LogP contribution < -0.4 is 0 Å². The van der Waals surface area contributed by atoms with Gasteiger partial charge in [-0.05, 0) is 20.3 Å². The first-order chi connectivity index (χ1) is 5.60. The van der Waals surface area contributed by atoms with Crippen LogP contribution in [0, 0.1) is 11.3 Å².